The van der Waals surface area contributed by atoms with Gasteiger partial charge in [-0.15, -0.1) is 0 Å². The Morgan fingerprint density at radius 2 is 1.92 bits per heavy atom. The van der Waals surface area contributed by atoms with Gasteiger partial charge in [0.1, 0.15) is 5.82 Å². The summed E-state index contributed by atoms with van der Waals surface area (Å²) in [7, 11) is -3.94. The molecule has 0 aliphatic carbocycles. The minimum absolute atomic E-state index is 0.130. The Balaban J connectivity index is 2.05. The number of rotatable bonds is 5. The molecular formula is C15H13Cl2FN2O3S. The maximum absolute atomic E-state index is 13.2. The molecule has 0 unspecified atom stereocenters. The molecule has 0 saturated heterocycles. The van der Waals surface area contributed by atoms with Crippen LogP contribution in [-0.4, -0.2) is 20.9 Å². The molecule has 2 N–H and O–H groups in total. The normalized spacial score (nSPS) is 11.3. The summed E-state index contributed by atoms with van der Waals surface area (Å²) in [4.78, 5) is 11.7. The average Bonchev–Trinajstić information content (AvgIpc) is 2.52. The molecule has 2 aromatic carbocycles. The molecule has 9 heteroatoms. The van der Waals surface area contributed by atoms with Crippen molar-refractivity contribution in [1.82, 2.24) is 4.72 Å². The van der Waals surface area contributed by atoms with Gasteiger partial charge in [0, 0.05) is 0 Å². The molecule has 2 aromatic rings. The summed E-state index contributed by atoms with van der Waals surface area (Å²) in [6.45, 7) is 0.934. The maximum atomic E-state index is 13.2. The van der Waals surface area contributed by atoms with E-state index in [1.54, 1.807) is 12.1 Å². The standard InChI is InChI=1S/C15H13Cl2FN2O3S/c1-9-7-10(5-6-12(9)18)24(22,23)19-8-14(21)20-13-4-2-3-11(16)15(13)17/h2-7,19H,8H2,1H3,(H,20,21). The first-order chi connectivity index (χ1) is 11.2. The molecule has 0 heterocycles. The van der Waals surface area contributed by atoms with Gasteiger partial charge in [0.05, 0.1) is 27.2 Å². The second kappa shape index (κ2) is 7.48. The smallest absolute Gasteiger partial charge is 0.241 e. The van der Waals surface area contributed by atoms with Crippen LogP contribution in [0, 0.1) is 12.7 Å². The lowest BCUT2D eigenvalue weighted by Gasteiger charge is -2.10. The van der Waals surface area contributed by atoms with E-state index in [0.29, 0.717) is 0 Å². The number of hydrogen-bond donors (Lipinski definition) is 2. The van der Waals surface area contributed by atoms with Crippen molar-refractivity contribution in [2.24, 2.45) is 0 Å². The van der Waals surface area contributed by atoms with Gasteiger partial charge in [-0.1, -0.05) is 29.3 Å². The van der Waals surface area contributed by atoms with Crippen LogP contribution in [0.1, 0.15) is 5.56 Å². The van der Waals surface area contributed by atoms with Crippen LogP contribution >= 0.6 is 23.2 Å². The highest BCUT2D eigenvalue weighted by Crippen LogP contribution is 2.29. The van der Waals surface area contributed by atoms with Crippen LogP contribution < -0.4 is 10.0 Å². The quantitative estimate of drug-likeness (QED) is 0.821. The Morgan fingerprint density at radius 1 is 1.21 bits per heavy atom. The van der Waals surface area contributed by atoms with Gasteiger partial charge in [-0.2, -0.15) is 0 Å². The summed E-state index contributed by atoms with van der Waals surface area (Å²) in [5.74, 6) is -1.14. The van der Waals surface area contributed by atoms with Crippen LogP contribution in [0.4, 0.5) is 10.1 Å². The second-order valence-corrected chi connectivity index (χ2v) is 7.44. The van der Waals surface area contributed by atoms with Crippen molar-refractivity contribution in [3.63, 3.8) is 0 Å². The van der Waals surface area contributed by atoms with Crippen LogP contribution in [-0.2, 0) is 14.8 Å². The predicted molar refractivity (Wildman–Crippen MR) is 91.4 cm³/mol. The number of anilines is 1. The first-order valence-corrected chi connectivity index (χ1v) is 8.94. The second-order valence-electron chi connectivity index (χ2n) is 4.89. The Labute approximate surface area is 148 Å². The zero-order valence-electron chi connectivity index (χ0n) is 12.4. The molecule has 0 fully saturated rings. The van der Waals surface area contributed by atoms with Crippen molar-refractivity contribution in [1.29, 1.82) is 0 Å². The van der Waals surface area contributed by atoms with Crippen molar-refractivity contribution in [2.75, 3.05) is 11.9 Å². The Morgan fingerprint density at radius 3 is 2.58 bits per heavy atom. The number of amides is 1. The van der Waals surface area contributed by atoms with E-state index in [1.165, 1.54) is 19.1 Å². The molecule has 0 aliphatic rings. The van der Waals surface area contributed by atoms with Crippen LogP contribution in [0.25, 0.3) is 0 Å². The predicted octanol–water partition coefficient (Wildman–Crippen LogP) is 3.36. The van der Waals surface area contributed by atoms with Gasteiger partial charge in [-0.25, -0.2) is 17.5 Å². The molecule has 1 amide bonds. The van der Waals surface area contributed by atoms with E-state index in [1.807, 2.05) is 0 Å². The SMILES string of the molecule is Cc1cc(S(=O)(=O)NCC(=O)Nc2cccc(Cl)c2Cl)ccc1F. The fourth-order valence-corrected chi connectivity index (χ4v) is 3.24. The third-order valence-electron chi connectivity index (χ3n) is 3.09. The molecule has 0 aromatic heterocycles. The molecule has 0 bridgehead atoms. The highest BCUT2D eigenvalue weighted by Gasteiger charge is 2.17. The highest BCUT2D eigenvalue weighted by atomic mass is 35.5. The van der Waals surface area contributed by atoms with E-state index in [2.05, 4.69) is 10.0 Å². The summed E-state index contributed by atoms with van der Waals surface area (Å²) in [5.41, 5.74) is 0.457. The monoisotopic (exact) mass is 390 g/mol. The van der Waals surface area contributed by atoms with Crippen LogP contribution in [0.5, 0.6) is 0 Å². The van der Waals surface area contributed by atoms with Gasteiger partial charge in [0.15, 0.2) is 0 Å². The summed E-state index contributed by atoms with van der Waals surface area (Å²) in [5, 5.41) is 2.87. The van der Waals surface area contributed by atoms with Gasteiger partial charge >= 0.3 is 0 Å². The van der Waals surface area contributed by atoms with Gasteiger partial charge in [-0.05, 0) is 42.8 Å². The lowest BCUT2D eigenvalue weighted by atomic mass is 10.2. The van der Waals surface area contributed by atoms with Gasteiger partial charge in [-0.3, -0.25) is 4.79 Å². The topological polar surface area (TPSA) is 75.3 Å². The zero-order valence-corrected chi connectivity index (χ0v) is 14.8. The Bertz CT molecular complexity index is 888. The average molecular weight is 391 g/mol. The lowest BCUT2D eigenvalue weighted by molar-refractivity contribution is -0.115. The molecular weight excluding hydrogens is 378 g/mol. The number of aryl methyl sites for hydroxylation is 1. The number of sulfonamides is 1. The number of halogens is 3. The van der Waals surface area contributed by atoms with Crippen LogP contribution in [0.2, 0.25) is 10.0 Å². The molecule has 0 radical (unpaired) electrons. The Kier molecular flexibility index (Phi) is 5.82. The summed E-state index contributed by atoms with van der Waals surface area (Å²) in [6, 6.07) is 8.04. The van der Waals surface area contributed by atoms with Crippen LogP contribution in [0.3, 0.4) is 0 Å². The van der Waals surface area contributed by atoms with Gasteiger partial charge in [0.2, 0.25) is 15.9 Å². The third-order valence-corrected chi connectivity index (χ3v) is 5.31. The largest absolute Gasteiger partial charge is 0.324 e. The summed E-state index contributed by atoms with van der Waals surface area (Å²) >= 11 is 11.8. The third kappa shape index (κ3) is 4.45. The van der Waals surface area contributed by atoms with E-state index >= 15 is 0 Å². The van der Waals surface area contributed by atoms with Crippen molar-refractivity contribution < 1.29 is 17.6 Å². The van der Waals surface area contributed by atoms with Crippen molar-refractivity contribution in [2.45, 2.75) is 11.8 Å². The minimum Gasteiger partial charge on any atom is -0.324 e. The van der Waals surface area contributed by atoms with E-state index in [0.717, 1.165) is 12.1 Å². The van der Waals surface area contributed by atoms with E-state index in [9.17, 15) is 17.6 Å². The number of nitrogens with one attached hydrogen (secondary N) is 2. The highest BCUT2D eigenvalue weighted by molar-refractivity contribution is 7.89. The van der Waals surface area contributed by atoms with Gasteiger partial charge in [0.25, 0.3) is 0 Å². The summed E-state index contributed by atoms with van der Waals surface area (Å²) in [6.07, 6.45) is 0. The molecule has 128 valence electrons. The Hall–Kier alpha value is -1.67. The molecule has 0 aliphatic heterocycles. The number of carbonyl (C=O) groups is 1. The molecule has 0 atom stereocenters. The molecule has 0 saturated carbocycles. The lowest BCUT2D eigenvalue weighted by Crippen LogP contribution is -2.33. The van der Waals surface area contributed by atoms with Crippen LogP contribution in [0.15, 0.2) is 41.3 Å². The summed E-state index contributed by atoms with van der Waals surface area (Å²) < 4.78 is 39.6. The molecule has 0 spiro atoms. The first-order valence-electron chi connectivity index (χ1n) is 6.70. The molecule has 24 heavy (non-hydrogen) atoms. The van der Waals surface area contributed by atoms with Crippen molar-refractivity contribution >= 4 is 44.8 Å². The fourth-order valence-electron chi connectivity index (χ4n) is 1.82. The maximum Gasteiger partial charge on any atom is 0.241 e. The first kappa shape index (κ1) is 18.7. The zero-order chi connectivity index (χ0) is 17.9. The fraction of sp³-hybridized carbons (Fsp3) is 0.133. The van der Waals surface area contributed by atoms with E-state index in [-0.39, 0.29) is 26.2 Å². The molecule has 5 nitrogen and oxygen atoms in total. The molecule has 2 rings (SSSR count). The van der Waals surface area contributed by atoms with Crippen molar-refractivity contribution in [3.8, 4) is 0 Å². The number of hydrogen-bond acceptors (Lipinski definition) is 3. The van der Waals surface area contributed by atoms with E-state index < -0.39 is 28.3 Å². The van der Waals surface area contributed by atoms with Gasteiger partial charge < -0.3 is 5.32 Å². The van der Waals surface area contributed by atoms with Crippen molar-refractivity contribution in [3.05, 3.63) is 57.8 Å². The number of benzene rings is 2. The minimum atomic E-state index is -3.94. The van der Waals surface area contributed by atoms with E-state index in [4.69, 9.17) is 23.2 Å². The number of carbonyl (C=O) groups excluding carboxylic acids is 1.